The standard InChI is InChI=1S/C11H7Br2FN2O/c12-6-1-2-10(9(14)3-6)17-11-8(13)4-7(15)5-16-11/h1-5H,15H2. The topological polar surface area (TPSA) is 48.1 Å². The van der Waals surface area contributed by atoms with Crippen molar-refractivity contribution < 1.29 is 9.13 Å². The number of hydrogen-bond donors (Lipinski definition) is 1. The van der Waals surface area contributed by atoms with Gasteiger partial charge in [0, 0.05) is 4.47 Å². The minimum absolute atomic E-state index is 0.103. The van der Waals surface area contributed by atoms with Crippen molar-refractivity contribution in [2.75, 3.05) is 5.73 Å². The lowest BCUT2D eigenvalue weighted by molar-refractivity contribution is 0.425. The predicted molar refractivity (Wildman–Crippen MR) is 70.5 cm³/mol. The molecule has 0 saturated heterocycles. The lowest BCUT2D eigenvalue weighted by atomic mass is 10.3. The zero-order chi connectivity index (χ0) is 12.4. The fraction of sp³-hybridized carbons (Fsp3) is 0. The lowest BCUT2D eigenvalue weighted by Crippen LogP contribution is -1.94. The molecule has 1 heterocycles. The van der Waals surface area contributed by atoms with Crippen molar-refractivity contribution in [3.63, 3.8) is 0 Å². The van der Waals surface area contributed by atoms with Crippen LogP contribution in [0, 0.1) is 5.82 Å². The molecule has 1 aromatic carbocycles. The largest absolute Gasteiger partial charge is 0.435 e. The van der Waals surface area contributed by atoms with Crippen molar-refractivity contribution in [2.45, 2.75) is 0 Å². The fourth-order valence-corrected chi connectivity index (χ4v) is 1.96. The van der Waals surface area contributed by atoms with E-state index < -0.39 is 5.82 Å². The maximum Gasteiger partial charge on any atom is 0.233 e. The van der Waals surface area contributed by atoms with E-state index in [9.17, 15) is 4.39 Å². The molecule has 6 heteroatoms. The summed E-state index contributed by atoms with van der Waals surface area (Å²) in [6.45, 7) is 0. The molecule has 2 aromatic rings. The van der Waals surface area contributed by atoms with Crippen molar-refractivity contribution in [1.29, 1.82) is 0 Å². The van der Waals surface area contributed by atoms with Crippen LogP contribution in [0.25, 0.3) is 0 Å². The van der Waals surface area contributed by atoms with E-state index in [1.54, 1.807) is 12.1 Å². The summed E-state index contributed by atoms with van der Waals surface area (Å²) in [4.78, 5) is 3.96. The Morgan fingerprint density at radius 1 is 1.24 bits per heavy atom. The molecule has 0 aliphatic heterocycles. The molecule has 0 aliphatic rings. The van der Waals surface area contributed by atoms with Crippen molar-refractivity contribution in [3.8, 4) is 11.6 Å². The molecule has 0 saturated carbocycles. The summed E-state index contributed by atoms with van der Waals surface area (Å²) in [6, 6.07) is 6.16. The van der Waals surface area contributed by atoms with Crippen LogP contribution in [0.15, 0.2) is 39.4 Å². The Morgan fingerprint density at radius 3 is 2.65 bits per heavy atom. The molecule has 0 bridgehead atoms. The second-order valence-corrected chi connectivity index (χ2v) is 5.00. The summed E-state index contributed by atoms with van der Waals surface area (Å²) in [5, 5.41) is 0. The van der Waals surface area contributed by atoms with Crippen LogP contribution in [-0.4, -0.2) is 4.98 Å². The number of nitrogens with two attached hydrogens (primary N) is 1. The Balaban J connectivity index is 2.31. The van der Waals surface area contributed by atoms with Gasteiger partial charge in [-0.2, -0.15) is 0 Å². The van der Waals surface area contributed by atoms with Crippen LogP contribution in [0.3, 0.4) is 0 Å². The monoisotopic (exact) mass is 360 g/mol. The van der Waals surface area contributed by atoms with Gasteiger partial charge in [0.2, 0.25) is 5.88 Å². The Morgan fingerprint density at radius 2 is 2.00 bits per heavy atom. The molecule has 0 atom stereocenters. The van der Waals surface area contributed by atoms with Crippen LogP contribution in [0.4, 0.5) is 10.1 Å². The third-order valence-corrected chi connectivity index (χ3v) is 2.99. The zero-order valence-corrected chi connectivity index (χ0v) is 11.6. The van der Waals surface area contributed by atoms with Crippen molar-refractivity contribution >= 4 is 37.5 Å². The molecule has 2 N–H and O–H groups in total. The molecular weight excluding hydrogens is 355 g/mol. The first-order valence-electron chi connectivity index (χ1n) is 4.60. The molecule has 0 spiro atoms. The maximum absolute atomic E-state index is 13.5. The second kappa shape index (κ2) is 5.01. The summed E-state index contributed by atoms with van der Waals surface area (Å²) in [5.41, 5.74) is 6.04. The maximum atomic E-state index is 13.5. The highest BCUT2D eigenvalue weighted by Gasteiger charge is 2.09. The molecule has 0 aliphatic carbocycles. The van der Waals surface area contributed by atoms with E-state index in [4.69, 9.17) is 10.5 Å². The van der Waals surface area contributed by atoms with E-state index in [0.29, 0.717) is 14.6 Å². The second-order valence-electron chi connectivity index (χ2n) is 3.23. The first-order chi connectivity index (χ1) is 8.06. The number of ether oxygens (including phenoxy) is 1. The van der Waals surface area contributed by atoms with E-state index in [-0.39, 0.29) is 11.6 Å². The van der Waals surface area contributed by atoms with Crippen molar-refractivity contribution in [2.24, 2.45) is 0 Å². The molecule has 0 unspecified atom stereocenters. The number of anilines is 1. The Labute approximate surface area is 114 Å². The molecule has 0 amide bonds. The van der Waals surface area contributed by atoms with E-state index in [1.807, 2.05) is 0 Å². The highest BCUT2D eigenvalue weighted by molar-refractivity contribution is 9.10. The van der Waals surface area contributed by atoms with Gasteiger partial charge in [-0.1, -0.05) is 15.9 Å². The van der Waals surface area contributed by atoms with Gasteiger partial charge in [0.15, 0.2) is 11.6 Å². The predicted octanol–water partition coefficient (Wildman–Crippen LogP) is 4.12. The number of nitrogen functional groups attached to an aromatic ring is 1. The van der Waals surface area contributed by atoms with Crippen LogP contribution < -0.4 is 10.5 Å². The summed E-state index contributed by atoms with van der Waals surface area (Å²) >= 11 is 6.41. The highest BCUT2D eigenvalue weighted by Crippen LogP contribution is 2.31. The number of nitrogens with zero attached hydrogens (tertiary/aromatic N) is 1. The van der Waals surface area contributed by atoms with Gasteiger partial charge in [-0.15, -0.1) is 0 Å². The zero-order valence-electron chi connectivity index (χ0n) is 8.45. The van der Waals surface area contributed by atoms with E-state index in [2.05, 4.69) is 36.8 Å². The van der Waals surface area contributed by atoms with Gasteiger partial charge in [-0.25, -0.2) is 9.37 Å². The smallest absolute Gasteiger partial charge is 0.233 e. The molecule has 2 rings (SSSR count). The van der Waals surface area contributed by atoms with Crippen LogP contribution in [0.1, 0.15) is 0 Å². The quantitative estimate of drug-likeness (QED) is 0.875. The van der Waals surface area contributed by atoms with Crippen molar-refractivity contribution in [1.82, 2.24) is 4.98 Å². The van der Waals surface area contributed by atoms with Gasteiger partial charge < -0.3 is 10.5 Å². The minimum Gasteiger partial charge on any atom is -0.435 e. The fourth-order valence-electron chi connectivity index (χ4n) is 1.18. The molecule has 0 fully saturated rings. The third-order valence-electron chi connectivity index (χ3n) is 1.93. The molecular formula is C11H7Br2FN2O. The van der Waals surface area contributed by atoms with Crippen LogP contribution in [-0.2, 0) is 0 Å². The molecule has 3 nitrogen and oxygen atoms in total. The average Bonchev–Trinajstić information content (AvgIpc) is 2.25. The van der Waals surface area contributed by atoms with Crippen LogP contribution in [0.2, 0.25) is 0 Å². The summed E-state index contributed by atoms with van der Waals surface area (Å²) in [7, 11) is 0. The van der Waals surface area contributed by atoms with Gasteiger partial charge in [-0.05, 0) is 40.2 Å². The van der Waals surface area contributed by atoms with E-state index in [1.165, 1.54) is 18.3 Å². The van der Waals surface area contributed by atoms with E-state index >= 15 is 0 Å². The summed E-state index contributed by atoms with van der Waals surface area (Å²) in [5.74, 6) is -0.100. The van der Waals surface area contributed by atoms with Crippen LogP contribution >= 0.6 is 31.9 Å². The molecule has 1 aromatic heterocycles. The molecule has 0 radical (unpaired) electrons. The average molecular weight is 362 g/mol. The Bertz CT molecular complexity index is 514. The van der Waals surface area contributed by atoms with E-state index in [0.717, 1.165) is 0 Å². The van der Waals surface area contributed by atoms with Gasteiger partial charge in [-0.3, -0.25) is 0 Å². The number of aromatic nitrogens is 1. The minimum atomic E-state index is -0.468. The Hall–Kier alpha value is -1.14. The number of rotatable bonds is 2. The molecule has 88 valence electrons. The normalized spacial score (nSPS) is 10.3. The number of halogens is 3. The lowest BCUT2D eigenvalue weighted by Gasteiger charge is -2.07. The summed E-state index contributed by atoms with van der Waals surface area (Å²) < 4.78 is 20.1. The number of pyridine rings is 1. The van der Waals surface area contributed by atoms with Crippen LogP contribution in [0.5, 0.6) is 11.6 Å². The first kappa shape index (κ1) is 12.3. The highest BCUT2D eigenvalue weighted by atomic mass is 79.9. The Kier molecular flexibility index (Phi) is 3.63. The number of benzene rings is 1. The SMILES string of the molecule is Nc1cnc(Oc2ccc(Br)cc2F)c(Br)c1. The third kappa shape index (κ3) is 2.95. The molecule has 17 heavy (non-hydrogen) atoms. The van der Waals surface area contributed by atoms with Gasteiger partial charge >= 0.3 is 0 Å². The summed E-state index contributed by atoms with van der Waals surface area (Å²) in [6.07, 6.45) is 1.44. The van der Waals surface area contributed by atoms with Gasteiger partial charge in [0.05, 0.1) is 16.4 Å². The van der Waals surface area contributed by atoms with Gasteiger partial charge in [0.1, 0.15) is 0 Å². The van der Waals surface area contributed by atoms with Gasteiger partial charge in [0.25, 0.3) is 0 Å². The first-order valence-corrected chi connectivity index (χ1v) is 6.19. The number of hydrogen-bond acceptors (Lipinski definition) is 3. The van der Waals surface area contributed by atoms with Crippen molar-refractivity contribution in [3.05, 3.63) is 45.2 Å².